The van der Waals surface area contributed by atoms with Gasteiger partial charge in [-0.2, -0.15) is 0 Å². The minimum Gasteiger partial charge on any atom is -0.324 e. The fraction of sp³-hybridized carbons (Fsp3) is 0.200. The summed E-state index contributed by atoms with van der Waals surface area (Å²) in [6.07, 6.45) is 1.43. The van der Waals surface area contributed by atoms with Crippen LogP contribution in [0.2, 0.25) is 0 Å². The van der Waals surface area contributed by atoms with E-state index in [4.69, 9.17) is 5.73 Å². The average molecular weight is 335 g/mol. The topological polar surface area (TPSA) is 69.2 Å². The maximum atomic E-state index is 10.9. The lowest BCUT2D eigenvalue weighted by atomic mass is 9.99. The van der Waals surface area contributed by atoms with Gasteiger partial charge in [0.2, 0.25) is 0 Å². The van der Waals surface area contributed by atoms with Crippen molar-refractivity contribution in [2.45, 2.75) is 18.9 Å². The Morgan fingerprint density at radius 3 is 2.50 bits per heavy atom. The summed E-state index contributed by atoms with van der Waals surface area (Å²) < 4.78 is 0.547. The van der Waals surface area contributed by atoms with E-state index in [1.165, 1.54) is 6.07 Å². The molecule has 2 aromatic rings. The Balaban J connectivity index is 2.08. The van der Waals surface area contributed by atoms with E-state index in [1.807, 2.05) is 36.4 Å². The van der Waals surface area contributed by atoms with Crippen LogP contribution in [-0.2, 0) is 6.42 Å². The van der Waals surface area contributed by atoms with Crippen LogP contribution in [0.5, 0.6) is 0 Å². The number of nitrogens with two attached hydrogens (primary N) is 1. The third-order valence-corrected chi connectivity index (χ3v) is 4.12. The summed E-state index contributed by atoms with van der Waals surface area (Å²) in [5.74, 6) is 0. The second kappa shape index (κ2) is 6.63. The van der Waals surface area contributed by atoms with E-state index in [-0.39, 0.29) is 16.7 Å². The molecule has 20 heavy (non-hydrogen) atoms. The first kappa shape index (κ1) is 14.7. The van der Waals surface area contributed by atoms with Crippen LogP contribution in [-0.4, -0.2) is 4.92 Å². The second-order valence-electron chi connectivity index (χ2n) is 4.56. The average Bonchev–Trinajstić information content (AvgIpc) is 2.46. The van der Waals surface area contributed by atoms with Crippen LogP contribution >= 0.6 is 15.9 Å². The van der Waals surface area contributed by atoms with Gasteiger partial charge in [-0.05, 0) is 39.9 Å². The molecule has 0 heterocycles. The van der Waals surface area contributed by atoms with E-state index in [1.54, 1.807) is 6.07 Å². The van der Waals surface area contributed by atoms with Crippen molar-refractivity contribution in [3.63, 3.8) is 0 Å². The van der Waals surface area contributed by atoms with Gasteiger partial charge in [0.05, 0.1) is 9.40 Å². The maximum Gasteiger partial charge on any atom is 0.283 e. The van der Waals surface area contributed by atoms with Gasteiger partial charge in [-0.25, -0.2) is 0 Å². The Morgan fingerprint density at radius 2 is 1.85 bits per heavy atom. The van der Waals surface area contributed by atoms with Gasteiger partial charge >= 0.3 is 0 Å². The van der Waals surface area contributed by atoms with Gasteiger partial charge in [0.15, 0.2) is 0 Å². The van der Waals surface area contributed by atoms with E-state index < -0.39 is 0 Å². The van der Waals surface area contributed by atoms with Gasteiger partial charge in [-0.15, -0.1) is 0 Å². The number of nitrogens with zero attached hydrogens (tertiary/aromatic N) is 1. The number of nitro groups is 1. The zero-order chi connectivity index (χ0) is 14.5. The molecule has 2 rings (SSSR count). The number of halogens is 1. The lowest BCUT2D eigenvalue weighted by Crippen LogP contribution is -2.11. The zero-order valence-corrected chi connectivity index (χ0v) is 12.4. The van der Waals surface area contributed by atoms with Gasteiger partial charge in [0.1, 0.15) is 0 Å². The molecule has 0 spiro atoms. The monoisotopic (exact) mass is 334 g/mol. The Kier molecular flexibility index (Phi) is 4.87. The molecule has 5 heteroatoms. The minimum absolute atomic E-state index is 0.0673. The first-order chi connectivity index (χ1) is 9.59. The maximum absolute atomic E-state index is 10.9. The number of rotatable bonds is 5. The molecule has 0 radical (unpaired) electrons. The Hall–Kier alpha value is -1.72. The molecule has 4 nitrogen and oxygen atoms in total. The third kappa shape index (κ3) is 3.43. The summed E-state index contributed by atoms with van der Waals surface area (Å²) in [5.41, 5.74) is 8.22. The normalized spacial score (nSPS) is 12.1. The zero-order valence-electron chi connectivity index (χ0n) is 10.8. The number of hydrogen-bond acceptors (Lipinski definition) is 3. The third-order valence-electron chi connectivity index (χ3n) is 3.21. The summed E-state index contributed by atoms with van der Waals surface area (Å²) in [4.78, 5) is 10.5. The molecule has 0 aliphatic carbocycles. The summed E-state index contributed by atoms with van der Waals surface area (Å²) >= 11 is 3.31. The second-order valence-corrected chi connectivity index (χ2v) is 5.36. The van der Waals surface area contributed by atoms with Crippen LogP contribution < -0.4 is 5.73 Å². The fourth-order valence-electron chi connectivity index (χ4n) is 2.08. The molecule has 0 amide bonds. The summed E-state index contributed by atoms with van der Waals surface area (Å²) in [7, 11) is 0. The molecule has 1 atom stereocenters. The van der Waals surface area contributed by atoms with Gasteiger partial charge in [0, 0.05) is 12.1 Å². The molecular weight excluding hydrogens is 320 g/mol. The first-order valence-electron chi connectivity index (χ1n) is 6.32. The predicted octanol–water partition coefficient (Wildman–Crippen LogP) is 3.99. The molecule has 0 aliphatic rings. The van der Waals surface area contributed by atoms with Crippen molar-refractivity contribution in [3.05, 3.63) is 74.2 Å². The van der Waals surface area contributed by atoms with Crippen LogP contribution in [0.1, 0.15) is 23.6 Å². The standard InChI is InChI=1S/C15H15BrN2O2/c16-15-12(7-4-8-14(15)18(19)20)9-10-13(17)11-5-2-1-3-6-11/h1-8,13H,9-10,17H2. The van der Waals surface area contributed by atoms with Crippen LogP contribution in [0.4, 0.5) is 5.69 Å². The lowest BCUT2D eigenvalue weighted by molar-refractivity contribution is -0.385. The Morgan fingerprint density at radius 1 is 1.15 bits per heavy atom. The predicted molar refractivity (Wildman–Crippen MR) is 82.5 cm³/mol. The highest BCUT2D eigenvalue weighted by Gasteiger charge is 2.15. The summed E-state index contributed by atoms with van der Waals surface area (Å²) in [6, 6.07) is 14.9. The van der Waals surface area contributed by atoms with Crippen LogP contribution in [0.15, 0.2) is 53.0 Å². The molecule has 0 aliphatic heterocycles. The summed E-state index contributed by atoms with van der Waals surface area (Å²) in [5, 5.41) is 10.9. The SMILES string of the molecule is NC(CCc1cccc([N+](=O)[O-])c1Br)c1ccccc1. The van der Waals surface area contributed by atoms with Crippen molar-refractivity contribution in [1.82, 2.24) is 0 Å². The first-order valence-corrected chi connectivity index (χ1v) is 7.11. The number of aryl methyl sites for hydroxylation is 1. The molecule has 0 fully saturated rings. The van der Waals surface area contributed by atoms with E-state index in [0.29, 0.717) is 10.9 Å². The van der Waals surface area contributed by atoms with Crippen molar-refractivity contribution in [1.29, 1.82) is 0 Å². The molecule has 2 N–H and O–H groups in total. The van der Waals surface area contributed by atoms with Crippen LogP contribution in [0.3, 0.4) is 0 Å². The van der Waals surface area contributed by atoms with Crippen molar-refractivity contribution in [3.8, 4) is 0 Å². The van der Waals surface area contributed by atoms with Crippen molar-refractivity contribution >= 4 is 21.6 Å². The molecular formula is C15H15BrN2O2. The molecule has 0 bridgehead atoms. The smallest absolute Gasteiger partial charge is 0.283 e. The highest BCUT2D eigenvalue weighted by atomic mass is 79.9. The van der Waals surface area contributed by atoms with Crippen LogP contribution in [0, 0.1) is 10.1 Å². The highest BCUT2D eigenvalue weighted by Crippen LogP contribution is 2.30. The van der Waals surface area contributed by atoms with E-state index in [2.05, 4.69) is 15.9 Å². The van der Waals surface area contributed by atoms with Crippen molar-refractivity contribution in [2.24, 2.45) is 5.73 Å². The molecule has 104 valence electrons. The van der Waals surface area contributed by atoms with E-state index >= 15 is 0 Å². The van der Waals surface area contributed by atoms with Crippen molar-refractivity contribution in [2.75, 3.05) is 0 Å². The van der Waals surface area contributed by atoms with E-state index in [9.17, 15) is 10.1 Å². The van der Waals surface area contributed by atoms with Crippen LogP contribution in [0.25, 0.3) is 0 Å². The molecule has 0 saturated heterocycles. The quantitative estimate of drug-likeness (QED) is 0.663. The highest BCUT2D eigenvalue weighted by molar-refractivity contribution is 9.10. The lowest BCUT2D eigenvalue weighted by Gasteiger charge is -2.12. The number of benzene rings is 2. The Bertz CT molecular complexity index is 602. The molecule has 0 aromatic heterocycles. The van der Waals surface area contributed by atoms with E-state index in [0.717, 1.165) is 17.5 Å². The van der Waals surface area contributed by atoms with Crippen molar-refractivity contribution < 1.29 is 4.92 Å². The van der Waals surface area contributed by atoms with Gasteiger partial charge in [-0.1, -0.05) is 42.5 Å². The largest absolute Gasteiger partial charge is 0.324 e. The van der Waals surface area contributed by atoms with Gasteiger partial charge < -0.3 is 5.73 Å². The minimum atomic E-state index is -0.384. The van der Waals surface area contributed by atoms with Gasteiger partial charge in [0.25, 0.3) is 5.69 Å². The molecule has 1 unspecified atom stereocenters. The fourth-order valence-corrected chi connectivity index (χ4v) is 2.69. The molecule has 0 saturated carbocycles. The number of nitro benzene ring substituents is 1. The summed E-state index contributed by atoms with van der Waals surface area (Å²) in [6.45, 7) is 0. The number of hydrogen-bond donors (Lipinski definition) is 1. The molecule has 2 aromatic carbocycles. The van der Waals surface area contributed by atoms with Gasteiger partial charge in [-0.3, -0.25) is 10.1 Å². The Labute approximate surface area is 125 Å².